The molecule has 0 aliphatic carbocycles. The van der Waals surface area contributed by atoms with Crippen molar-refractivity contribution in [3.63, 3.8) is 0 Å². The lowest BCUT2D eigenvalue weighted by atomic mass is 9.93. The van der Waals surface area contributed by atoms with Crippen LogP contribution in [0.2, 0.25) is 0 Å². The molecular formula is C10H22N2O. The Morgan fingerprint density at radius 2 is 1.92 bits per heavy atom. The number of nitrogens with two attached hydrogens (primary N) is 1. The highest BCUT2D eigenvalue weighted by molar-refractivity contribution is 4.79. The molecule has 0 unspecified atom stereocenters. The van der Waals surface area contributed by atoms with Gasteiger partial charge in [-0.1, -0.05) is 13.8 Å². The van der Waals surface area contributed by atoms with Crippen molar-refractivity contribution >= 4 is 0 Å². The summed E-state index contributed by atoms with van der Waals surface area (Å²) in [6.07, 6.45) is 2.20. The summed E-state index contributed by atoms with van der Waals surface area (Å²) in [6.45, 7) is 7.62. The van der Waals surface area contributed by atoms with Crippen LogP contribution in [0.4, 0.5) is 0 Å². The highest BCUT2D eigenvalue weighted by atomic mass is 16.3. The Hall–Kier alpha value is -0.120. The Kier molecular flexibility index (Phi) is 3.71. The van der Waals surface area contributed by atoms with Gasteiger partial charge in [0.2, 0.25) is 0 Å². The van der Waals surface area contributed by atoms with E-state index in [1.807, 2.05) is 0 Å². The van der Waals surface area contributed by atoms with Gasteiger partial charge in [0.25, 0.3) is 0 Å². The van der Waals surface area contributed by atoms with E-state index in [2.05, 4.69) is 18.7 Å². The maximum absolute atomic E-state index is 9.13. The normalized spacial score (nSPS) is 22.2. The molecule has 1 rings (SSSR count). The zero-order valence-corrected chi connectivity index (χ0v) is 8.79. The van der Waals surface area contributed by atoms with Crippen molar-refractivity contribution in [3.8, 4) is 0 Å². The lowest BCUT2D eigenvalue weighted by molar-refractivity contribution is 0.0890. The second kappa shape index (κ2) is 4.40. The predicted molar refractivity (Wildman–Crippen MR) is 54.5 cm³/mol. The third-order valence-electron chi connectivity index (χ3n) is 2.71. The number of nitrogens with zero attached hydrogens (tertiary/aromatic N) is 1. The molecule has 1 heterocycles. The fourth-order valence-corrected chi connectivity index (χ4v) is 1.77. The Labute approximate surface area is 80.9 Å². The minimum Gasteiger partial charge on any atom is -0.396 e. The van der Waals surface area contributed by atoms with Gasteiger partial charge in [0.15, 0.2) is 0 Å². The Morgan fingerprint density at radius 1 is 1.38 bits per heavy atom. The third-order valence-corrected chi connectivity index (χ3v) is 2.71. The van der Waals surface area contributed by atoms with Gasteiger partial charge in [-0.05, 0) is 25.9 Å². The van der Waals surface area contributed by atoms with Crippen molar-refractivity contribution in [2.75, 3.05) is 26.2 Å². The van der Waals surface area contributed by atoms with Crippen LogP contribution in [0.25, 0.3) is 0 Å². The zero-order valence-electron chi connectivity index (χ0n) is 8.79. The van der Waals surface area contributed by atoms with E-state index in [1.165, 1.54) is 0 Å². The van der Waals surface area contributed by atoms with E-state index in [0.29, 0.717) is 6.04 Å². The van der Waals surface area contributed by atoms with Crippen molar-refractivity contribution in [2.24, 2.45) is 11.1 Å². The molecule has 3 nitrogen and oxygen atoms in total. The van der Waals surface area contributed by atoms with Crippen molar-refractivity contribution in [1.29, 1.82) is 0 Å². The molecule has 0 aromatic carbocycles. The molecule has 1 aliphatic heterocycles. The largest absolute Gasteiger partial charge is 0.396 e. The molecule has 0 aromatic heterocycles. The van der Waals surface area contributed by atoms with E-state index < -0.39 is 0 Å². The molecule has 0 atom stereocenters. The van der Waals surface area contributed by atoms with Crippen LogP contribution in [-0.4, -0.2) is 42.3 Å². The molecule has 1 aliphatic rings. The monoisotopic (exact) mass is 186 g/mol. The second-order valence-corrected chi connectivity index (χ2v) is 4.94. The van der Waals surface area contributed by atoms with Crippen LogP contribution in [0.3, 0.4) is 0 Å². The first kappa shape index (κ1) is 11.0. The summed E-state index contributed by atoms with van der Waals surface area (Å²) in [4.78, 5) is 2.40. The molecular weight excluding hydrogens is 164 g/mol. The van der Waals surface area contributed by atoms with Gasteiger partial charge in [0.1, 0.15) is 0 Å². The van der Waals surface area contributed by atoms with E-state index in [4.69, 9.17) is 10.8 Å². The molecule has 0 bridgehead atoms. The summed E-state index contributed by atoms with van der Waals surface area (Å²) in [5.74, 6) is 0. The minimum absolute atomic E-state index is 0.0292. The molecule has 13 heavy (non-hydrogen) atoms. The molecule has 3 N–H and O–H groups in total. The van der Waals surface area contributed by atoms with Crippen molar-refractivity contribution in [1.82, 2.24) is 4.90 Å². The first-order valence-electron chi connectivity index (χ1n) is 5.12. The summed E-state index contributed by atoms with van der Waals surface area (Å²) < 4.78 is 0. The van der Waals surface area contributed by atoms with Crippen LogP contribution in [0.15, 0.2) is 0 Å². The molecule has 0 aromatic rings. The molecule has 0 saturated carbocycles. The fraction of sp³-hybridized carbons (Fsp3) is 1.00. The van der Waals surface area contributed by atoms with Crippen LogP contribution in [0.5, 0.6) is 0 Å². The van der Waals surface area contributed by atoms with Crippen LogP contribution in [-0.2, 0) is 0 Å². The molecule has 3 heteroatoms. The van der Waals surface area contributed by atoms with E-state index in [0.717, 1.165) is 32.5 Å². The number of rotatable bonds is 3. The quantitative estimate of drug-likeness (QED) is 0.672. The number of aliphatic hydroxyl groups is 1. The Balaban J connectivity index is 2.30. The van der Waals surface area contributed by atoms with Crippen molar-refractivity contribution in [2.45, 2.75) is 32.7 Å². The van der Waals surface area contributed by atoms with Gasteiger partial charge in [0.05, 0.1) is 0 Å². The van der Waals surface area contributed by atoms with Gasteiger partial charge >= 0.3 is 0 Å². The predicted octanol–water partition coefficient (Wildman–Crippen LogP) is 0.428. The molecule has 0 radical (unpaired) electrons. The standard InChI is InChI=1S/C10H22N2O/c1-10(2,8-13)7-12-5-3-9(11)4-6-12/h9,13H,3-8,11H2,1-2H3. The van der Waals surface area contributed by atoms with Gasteiger partial charge < -0.3 is 15.7 Å². The Morgan fingerprint density at radius 3 is 2.38 bits per heavy atom. The summed E-state index contributed by atoms with van der Waals surface area (Å²) >= 11 is 0. The first-order valence-corrected chi connectivity index (χ1v) is 5.12. The van der Waals surface area contributed by atoms with E-state index in [-0.39, 0.29) is 12.0 Å². The van der Waals surface area contributed by atoms with Gasteiger partial charge in [-0.15, -0.1) is 0 Å². The van der Waals surface area contributed by atoms with E-state index in [1.54, 1.807) is 0 Å². The average molecular weight is 186 g/mol. The van der Waals surface area contributed by atoms with Crippen LogP contribution >= 0.6 is 0 Å². The van der Waals surface area contributed by atoms with E-state index >= 15 is 0 Å². The highest BCUT2D eigenvalue weighted by Crippen LogP contribution is 2.18. The number of likely N-dealkylation sites (tertiary alicyclic amines) is 1. The van der Waals surface area contributed by atoms with E-state index in [9.17, 15) is 0 Å². The topological polar surface area (TPSA) is 49.5 Å². The summed E-state index contributed by atoms with van der Waals surface area (Å²) in [5, 5.41) is 9.13. The molecule has 0 amide bonds. The summed E-state index contributed by atoms with van der Waals surface area (Å²) in [7, 11) is 0. The third kappa shape index (κ3) is 3.63. The van der Waals surface area contributed by atoms with Gasteiger partial charge in [0, 0.05) is 24.6 Å². The van der Waals surface area contributed by atoms with Crippen molar-refractivity contribution in [3.05, 3.63) is 0 Å². The van der Waals surface area contributed by atoms with Crippen LogP contribution < -0.4 is 5.73 Å². The van der Waals surface area contributed by atoms with Crippen molar-refractivity contribution < 1.29 is 5.11 Å². The highest BCUT2D eigenvalue weighted by Gasteiger charge is 2.23. The SMILES string of the molecule is CC(C)(CO)CN1CCC(N)CC1. The molecule has 1 saturated heterocycles. The van der Waals surface area contributed by atoms with Crippen LogP contribution in [0.1, 0.15) is 26.7 Å². The lowest BCUT2D eigenvalue weighted by Crippen LogP contribution is -2.44. The fourth-order valence-electron chi connectivity index (χ4n) is 1.77. The number of aliphatic hydroxyl groups excluding tert-OH is 1. The van der Waals surface area contributed by atoms with Crippen LogP contribution in [0, 0.1) is 5.41 Å². The number of hydrogen-bond donors (Lipinski definition) is 2. The number of hydrogen-bond acceptors (Lipinski definition) is 3. The first-order chi connectivity index (χ1) is 6.03. The summed E-state index contributed by atoms with van der Waals surface area (Å²) in [5.41, 5.74) is 5.85. The lowest BCUT2D eigenvalue weighted by Gasteiger charge is -2.35. The van der Waals surface area contributed by atoms with Gasteiger partial charge in [-0.2, -0.15) is 0 Å². The maximum atomic E-state index is 9.13. The smallest absolute Gasteiger partial charge is 0.0494 e. The molecule has 1 fully saturated rings. The number of piperidine rings is 1. The van der Waals surface area contributed by atoms with Gasteiger partial charge in [-0.3, -0.25) is 0 Å². The minimum atomic E-state index is 0.0292. The Bertz CT molecular complexity index is 151. The van der Waals surface area contributed by atoms with Gasteiger partial charge in [-0.25, -0.2) is 0 Å². The molecule has 78 valence electrons. The maximum Gasteiger partial charge on any atom is 0.0494 e. The second-order valence-electron chi connectivity index (χ2n) is 4.94. The summed E-state index contributed by atoms with van der Waals surface area (Å²) in [6, 6.07) is 0.397. The zero-order chi connectivity index (χ0) is 9.90. The average Bonchev–Trinajstić information content (AvgIpc) is 2.09. The molecule has 0 spiro atoms.